The van der Waals surface area contributed by atoms with E-state index < -0.39 is 11.8 Å². The van der Waals surface area contributed by atoms with E-state index in [-0.39, 0.29) is 12.5 Å². The summed E-state index contributed by atoms with van der Waals surface area (Å²) >= 11 is 11.8. The Morgan fingerprint density at radius 1 is 0.886 bits per heavy atom. The molecule has 10 heteroatoms. The standard InChI is InChI=1S/C25H22Cl2N4O4/c1-15-4-3-5-16(2)23(15)30-24(33)25(34)31-28-13-17-6-9-19(10-7-17)35-14-22(32)29-18-8-11-20(26)21(27)12-18/h3-13H,14H2,1-2H3,(H,29,32)(H,30,33)(H,31,34)/b28-13-. The summed E-state index contributed by atoms with van der Waals surface area (Å²) in [6.45, 7) is 3.47. The van der Waals surface area contributed by atoms with Gasteiger partial charge in [-0.3, -0.25) is 14.4 Å². The molecule has 0 heterocycles. The van der Waals surface area contributed by atoms with Gasteiger partial charge in [0.2, 0.25) is 0 Å². The molecule has 3 amide bonds. The van der Waals surface area contributed by atoms with Gasteiger partial charge in [-0.15, -0.1) is 0 Å². The third-order valence-corrected chi connectivity index (χ3v) is 5.50. The predicted octanol–water partition coefficient (Wildman–Crippen LogP) is 4.72. The summed E-state index contributed by atoms with van der Waals surface area (Å²) in [6, 6.07) is 17.0. The van der Waals surface area contributed by atoms with E-state index in [2.05, 4.69) is 21.2 Å². The third-order valence-electron chi connectivity index (χ3n) is 4.76. The monoisotopic (exact) mass is 512 g/mol. The minimum atomic E-state index is -0.892. The van der Waals surface area contributed by atoms with Crippen molar-refractivity contribution in [3.8, 4) is 5.75 Å². The first-order chi connectivity index (χ1) is 16.7. The molecule has 0 aromatic heterocycles. The van der Waals surface area contributed by atoms with Crippen LogP contribution in [-0.4, -0.2) is 30.5 Å². The Bertz CT molecular complexity index is 1260. The van der Waals surface area contributed by atoms with Gasteiger partial charge in [0.05, 0.1) is 16.3 Å². The van der Waals surface area contributed by atoms with Crippen LogP contribution in [0, 0.1) is 13.8 Å². The van der Waals surface area contributed by atoms with Gasteiger partial charge in [0.25, 0.3) is 5.91 Å². The van der Waals surface area contributed by atoms with Crippen molar-refractivity contribution in [2.45, 2.75) is 13.8 Å². The number of amides is 3. The zero-order valence-corrected chi connectivity index (χ0v) is 20.4. The fraction of sp³-hybridized carbons (Fsp3) is 0.120. The van der Waals surface area contributed by atoms with Crippen molar-refractivity contribution >= 4 is 58.5 Å². The predicted molar refractivity (Wildman–Crippen MR) is 137 cm³/mol. The topological polar surface area (TPSA) is 109 Å². The number of nitrogens with one attached hydrogen (secondary N) is 3. The highest BCUT2D eigenvalue weighted by atomic mass is 35.5. The largest absolute Gasteiger partial charge is 0.484 e. The van der Waals surface area contributed by atoms with Crippen LogP contribution in [0.15, 0.2) is 65.8 Å². The Hall–Kier alpha value is -3.88. The van der Waals surface area contributed by atoms with E-state index in [1.165, 1.54) is 6.21 Å². The van der Waals surface area contributed by atoms with Crippen molar-refractivity contribution in [1.29, 1.82) is 0 Å². The third kappa shape index (κ3) is 7.56. The maximum atomic E-state index is 12.1. The van der Waals surface area contributed by atoms with E-state index in [9.17, 15) is 14.4 Å². The average Bonchev–Trinajstić information content (AvgIpc) is 2.83. The SMILES string of the molecule is Cc1cccc(C)c1NC(=O)C(=O)N/N=C\c1ccc(OCC(=O)Nc2ccc(Cl)c(Cl)c2)cc1. The van der Waals surface area contributed by atoms with E-state index >= 15 is 0 Å². The zero-order valence-electron chi connectivity index (χ0n) is 18.9. The van der Waals surface area contributed by atoms with Crippen molar-refractivity contribution in [1.82, 2.24) is 5.43 Å². The molecule has 3 aromatic carbocycles. The van der Waals surface area contributed by atoms with Crippen LogP contribution in [0.4, 0.5) is 11.4 Å². The summed E-state index contributed by atoms with van der Waals surface area (Å²) in [6.07, 6.45) is 1.38. The first-order valence-electron chi connectivity index (χ1n) is 10.4. The number of nitrogens with zero attached hydrogens (tertiary/aromatic N) is 1. The van der Waals surface area contributed by atoms with Crippen LogP contribution in [-0.2, 0) is 14.4 Å². The number of benzene rings is 3. The summed E-state index contributed by atoms with van der Waals surface area (Å²) in [5.41, 5.74) is 5.64. The number of hydrogen-bond acceptors (Lipinski definition) is 5. The summed E-state index contributed by atoms with van der Waals surface area (Å²) in [5.74, 6) is -1.61. The molecule has 0 aliphatic rings. The fourth-order valence-corrected chi connectivity index (χ4v) is 3.27. The van der Waals surface area contributed by atoms with Crippen molar-refractivity contribution < 1.29 is 19.1 Å². The van der Waals surface area contributed by atoms with E-state index in [1.807, 2.05) is 32.0 Å². The lowest BCUT2D eigenvalue weighted by molar-refractivity contribution is -0.136. The summed E-state index contributed by atoms with van der Waals surface area (Å²) < 4.78 is 5.46. The molecule has 0 atom stereocenters. The van der Waals surface area contributed by atoms with Crippen molar-refractivity contribution in [3.05, 3.63) is 87.4 Å². The molecule has 8 nitrogen and oxygen atoms in total. The molecule has 0 radical (unpaired) electrons. The number of rotatable bonds is 7. The maximum absolute atomic E-state index is 12.1. The second kappa shape index (κ2) is 12.0. The smallest absolute Gasteiger partial charge is 0.329 e. The van der Waals surface area contributed by atoms with E-state index in [1.54, 1.807) is 42.5 Å². The number of carbonyl (C=O) groups excluding carboxylic acids is 3. The average molecular weight is 513 g/mol. The molecule has 0 aliphatic carbocycles. The number of hydrogen-bond donors (Lipinski definition) is 3. The van der Waals surface area contributed by atoms with Gasteiger partial charge in [0.1, 0.15) is 5.75 Å². The lowest BCUT2D eigenvalue weighted by Gasteiger charge is -2.10. The molecule has 3 aromatic rings. The number of carbonyl (C=O) groups is 3. The second-order valence-electron chi connectivity index (χ2n) is 7.45. The first-order valence-corrected chi connectivity index (χ1v) is 11.2. The van der Waals surface area contributed by atoms with Gasteiger partial charge >= 0.3 is 11.8 Å². The van der Waals surface area contributed by atoms with Gasteiger partial charge in [-0.2, -0.15) is 5.10 Å². The van der Waals surface area contributed by atoms with Crippen LogP contribution in [0.3, 0.4) is 0 Å². The molecule has 0 spiro atoms. The van der Waals surface area contributed by atoms with Crippen molar-refractivity contribution in [2.75, 3.05) is 17.2 Å². The highest BCUT2D eigenvalue weighted by Gasteiger charge is 2.15. The molecule has 35 heavy (non-hydrogen) atoms. The van der Waals surface area contributed by atoms with E-state index in [0.717, 1.165) is 11.1 Å². The van der Waals surface area contributed by atoms with Gasteiger partial charge in [-0.25, -0.2) is 5.43 Å². The molecule has 0 saturated heterocycles. The normalized spacial score (nSPS) is 10.6. The van der Waals surface area contributed by atoms with Crippen LogP contribution >= 0.6 is 23.2 Å². The molecule has 0 saturated carbocycles. The highest BCUT2D eigenvalue weighted by Crippen LogP contribution is 2.25. The molecule has 0 unspecified atom stereocenters. The Morgan fingerprint density at radius 3 is 2.23 bits per heavy atom. The molecule has 3 rings (SSSR count). The van der Waals surface area contributed by atoms with Crippen LogP contribution in [0.25, 0.3) is 0 Å². The first kappa shape index (κ1) is 25.7. The number of ether oxygens (including phenoxy) is 1. The van der Waals surface area contributed by atoms with Gasteiger partial charge in [0, 0.05) is 11.4 Å². The van der Waals surface area contributed by atoms with Crippen LogP contribution in [0.5, 0.6) is 5.75 Å². The summed E-state index contributed by atoms with van der Waals surface area (Å²) in [5, 5.41) is 9.78. The van der Waals surface area contributed by atoms with Gasteiger partial charge in [-0.1, -0.05) is 41.4 Å². The minimum absolute atomic E-state index is 0.209. The van der Waals surface area contributed by atoms with E-state index in [0.29, 0.717) is 32.7 Å². The number of anilines is 2. The Morgan fingerprint density at radius 2 is 1.57 bits per heavy atom. The highest BCUT2D eigenvalue weighted by molar-refractivity contribution is 6.42. The number of hydrazone groups is 1. The van der Waals surface area contributed by atoms with Gasteiger partial charge in [0.15, 0.2) is 6.61 Å². The van der Waals surface area contributed by atoms with Crippen LogP contribution in [0.2, 0.25) is 10.0 Å². The fourth-order valence-electron chi connectivity index (χ4n) is 2.97. The van der Waals surface area contributed by atoms with Crippen LogP contribution in [0.1, 0.15) is 16.7 Å². The minimum Gasteiger partial charge on any atom is -0.484 e. The number of aryl methyl sites for hydroxylation is 2. The lowest BCUT2D eigenvalue weighted by Crippen LogP contribution is -2.32. The Labute approximate surface area is 212 Å². The molecule has 0 aliphatic heterocycles. The second-order valence-corrected chi connectivity index (χ2v) is 8.27. The molecule has 3 N–H and O–H groups in total. The molecular weight excluding hydrogens is 491 g/mol. The maximum Gasteiger partial charge on any atom is 0.329 e. The quantitative estimate of drug-likeness (QED) is 0.241. The van der Waals surface area contributed by atoms with Crippen molar-refractivity contribution in [3.63, 3.8) is 0 Å². The molecular formula is C25H22Cl2N4O4. The molecule has 180 valence electrons. The van der Waals surface area contributed by atoms with Gasteiger partial charge in [-0.05, 0) is 73.0 Å². The van der Waals surface area contributed by atoms with Crippen molar-refractivity contribution in [2.24, 2.45) is 5.10 Å². The number of para-hydroxylation sites is 1. The van der Waals surface area contributed by atoms with E-state index in [4.69, 9.17) is 27.9 Å². The molecule has 0 fully saturated rings. The molecule has 0 bridgehead atoms. The zero-order chi connectivity index (χ0) is 25.4. The van der Waals surface area contributed by atoms with Gasteiger partial charge < -0.3 is 15.4 Å². The summed E-state index contributed by atoms with van der Waals surface area (Å²) in [7, 11) is 0. The lowest BCUT2D eigenvalue weighted by atomic mass is 10.1. The Kier molecular flexibility index (Phi) is 8.83. The summed E-state index contributed by atoms with van der Waals surface area (Å²) in [4.78, 5) is 36.2. The Balaban J connectivity index is 1.45. The van der Waals surface area contributed by atoms with Crippen LogP contribution < -0.4 is 20.8 Å². The number of halogens is 2.